The highest BCUT2D eigenvalue weighted by Crippen LogP contribution is 2.19. The van der Waals surface area contributed by atoms with Crippen molar-refractivity contribution in [2.75, 3.05) is 25.0 Å². The van der Waals surface area contributed by atoms with E-state index in [1.54, 1.807) is 24.3 Å². The van der Waals surface area contributed by atoms with E-state index in [9.17, 15) is 9.90 Å². The van der Waals surface area contributed by atoms with E-state index in [1.807, 2.05) is 6.92 Å². The molecule has 2 unspecified atom stereocenters. The van der Waals surface area contributed by atoms with Gasteiger partial charge in [0.1, 0.15) is 0 Å². The number of aliphatic hydroxyl groups excluding tert-OH is 1. The highest BCUT2D eigenvalue weighted by molar-refractivity contribution is 5.94. The minimum Gasteiger partial charge on any atom is -0.396 e. The molecule has 1 aliphatic rings. The Labute approximate surface area is 125 Å². The number of carbonyl (C=O) groups is 1. The molecule has 1 amide bonds. The zero-order valence-corrected chi connectivity index (χ0v) is 12.2. The molecule has 21 heavy (non-hydrogen) atoms. The summed E-state index contributed by atoms with van der Waals surface area (Å²) < 4.78 is 0. The van der Waals surface area contributed by atoms with Crippen molar-refractivity contribution < 1.29 is 9.90 Å². The third-order valence-corrected chi connectivity index (χ3v) is 3.99. The van der Waals surface area contributed by atoms with Crippen LogP contribution < -0.4 is 5.32 Å². The van der Waals surface area contributed by atoms with Crippen molar-refractivity contribution in [3.8, 4) is 6.07 Å². The van der Waals surface area contributed by atoms with Gasteiger partial charge in [-0.05, 0) is 50.4 Å². The summed E-state index contributed by atoms with van der Waals surface area (Å²) in [6.45, 7) is 3.69. The number of nitriles is 1. The van der Waals surface area contributed by atoms with Crippen LogP contribution in [-0.4, -0.2) is 41.7 Å². The molecule has 0 radical (unpaired) electrons. The molecule has 1 aromatic carbocycles. The fourth-order valence-electron chi connectivity index (χ4n) is 2.68. The molecule has 0 aromatic heterocycles. The maximum atomic E-state index is 12.3. The third-order valence-electron chi connectivity index (χ3n) is 3.99. The molecule has 0 spiro atoms. The molecule has 1 fully saturated rings. The molecule has 0 bridgehead atoms. The van der Waals surface area contributed by atoms with E-state index in [0.717, 1.165) is 25.9 Å². The lowest BCUT2D eigenvalue weighted by Gasteiger charge is -2.35. The van der Waals surface area contributed by atoms with E-state index in [0.29, 0.717) is 11.3 Å². The number of carbonyl (C=O) groups excluding carboxylic acids is 1. The van der Waals surface area contributed by atoms with E-state index in [-0.39, 0.29) is 24.5 Å². The van der Waals surface area contributed by atoms with Gasteiger partial charge in [0.05, 0.1) is 17.7 Å². The Hall–Kier alpha value is -1.90. The van der Waals surface area contributed by atoms with E-state index < -0.39 is 0 Å². The van der Waals surface area contributed by atoms with Gasteiger partial charge in [-0.2, -0.15) is 5.26 Å². The number of hydrogen-bond acceptors (Lipinski definition) is 4. The summed E-state index contributed by atoms with van der Waals surface area (Å²) in [5, 5.41) is 21.0. The topological polar surface area (TPSA) is 76.4 Å². The van der Waals surface area contributed by atoms with Gasteiger partial charge >= 0.3 is 0 Å². The first-order chi connectivity index (χ1) is 10.1. The lowest BCUT2D eigenvalue weighted by Crippen LogP contribution is -2.47. The summed E-state index contributed by atoms with van der Waals surface area (Å²) in [4.78, 5) is 14.4. The van der Waals surface area contributed by atoms with Crippen LogP contribution in [0.5, 0.6) is 0 Å². The summed E-state index contributed by atoms with van der Waals surface area (Å²) in [5.41, 5.74) is 1.17. The molecule has 5 nitrogen and oxygen atoms in total. The molecule has 0 saturated carbocycles. The van der Waals surface area contributed by atoms with Gasteiger partial charge in [-0.15, -0.1) is 0 Å². The minimum atomic E-state index is -0.245. The van der Waals surface area contributed by atoms with Gasteiger partial charge in [0.2, 0.25) is 5.91 Å². The summed E-state index contributed by atoms with van der Waals surface area (Å²) in [5.74, 6) is 0.180. The van der Waals surface area contributed by atoms with E-state index >= 15 is 0 Å². The number of amides is 1. The Morgan fingerprint density at radius 1 is 1.62 bits per heavy atom. The number of anilines is 1. The van der Waals surface area contributed by atoms with Crippen LogP contribution in [0.4, 0.5) is 5.69 Å². The number of nitrogens with one attached hydrogen (secondary N) is 1. The number of nitrogens with zero attached hydrogens (tertiary/aromatic N) is 2. The van der Waals surface area contributed by atoms with Crippen molar-refractivity contribution in [2.24, 2.45) is 5.92 Å². The number of rotatable bonds is 4. The van der Waals surface area contributed by atoms with Crippen LogP contribution in [-0.2, 0) is 4.79 Å². The van der Waals surface area contributed by atoms with Crippen molar-refractivity contribution in [2.45, 2.75) is 25.8 Å². The van der Waals surface area contributed by atoms with Crippen molar-refractivity contribution in [1.82, 2.24) is 4.90 Å². The van der Waals surface area contributed by atoms with Crippen LogP contribution in [0.15, 0.2) is 24.3 Å². The molecule has 1 aromatic rings. The molecule has 1 heterocycles. The molecule has 2 rings (SSSR count). The number of aliphatic hydroxyl groups is 1. The van der Waals surface area contributed by atoms with Crippen molar-refractivity contribution in [3.05, 3.63) is 29.8 Å². The zero-order valence-electron chi connectivity index (χ0n) is 12.2. The first kappa shape index (κ1) is 15.5. The smallest absolute Gasteiger partial charge is 0.241 e. The van der Waals surface area contributed by atoms with Crippen molar-refractivity contribution in [1.29, 1.82) is 5.26 Å². The van der Waals surface area contributed by atoms with Crippen LogP contribution in [0.1, 0.15) is 25.3 Å². The summed E-state index contributed by atoms with van der Waals surface area (Å²) in [7, 11) is 0. The van der Waals surface area contributed by atoms with Gasteiger partial charge in [-0.1, -0.05) is 6.07 Å². The first-order valence-electron chi connectivity index (χ1n) is 7.30. The van der Waals surface area contributed by atoms with Crippen LogP contribution in [0.25, 0.3) is 0 Å². The Kier molecular flexibility index (Phi) is 5.32. The highest BCUT2D eigenvalue weighted by Gasteiger charge is 2.27. The van der Waals surface area contributed by atoms with E-state index in [1.165, 1.54) is 0 Å². The predicted octanol–water partition coefficient (Wildman–Crippen LogP) is 1.59. The minimum absolute atomic E-state index is 0.0799. The lowest BCUT2D eigenvalue weighted by atomic mass is 9.97. The molecule has 2 N–H and O–H groups in total. The molecule has 112 valence electrons. The van der Waals surface area contributed by atoms with Crippen LogP contribution >= 0.6 is 0 Å². The van der Waals surface area contributed by atoms with Gasteiger partial charge in [0.15, 0.2) is 0 Å². The molecule has 1 saturated heterocycles. The normalized spacial score (nSPS) is 20.5. The molecule has 5 heteroatoms. The Morgan fingerprint density at radius 2 is 2.43 bits per heavy atom. The summed E-state index contributed by atoms with van der Waals surface area (Å²) in [6, 6.07) is 8.71. The first-order valence-corrected chi connectivity index (χ1v) is 7.30. The molecule has 0 aliphatic carbocycles. The summed E-state index contributed by atoms with van der Waals surface area (Å²) >= 11 is 0. The zero-order chi connectivity index (χ0) is 15.2. The van der Waals surface area contributed by atoms with Gasteiger partial charge in [-0.3, -0.25) is 9.69 Å². The number of hydrogen-bond donors (Lipinski definition) is 2. The van der Waals surface area contributed by atoms with Crippen molar-refractivity contribution in [3.63, 3.8) is 0 Å². The molecule has 1 aliphatic heterocycles. The fourth-order valence-corrected chi connectivity index (χ4v) is 2.68. The predicted molar refractivity (Wildman–Crippen MR) is 80.6 cm³/mol. The van der Waals surface area contributed by atoms with Crippen LogP contribution in [0, 0.1) is 17.2 Å². The second kappa shape index (κ2) is 7.21. The molecular weight excluding hydrogens is 266 g/mol. The number of piperidine rings is 1. The van der Waals surface area contributed by atoms with Gasteiger partial charge in [0, 0.05) is 18.8 Å². The molecular formula is C16H21N3O2. The number of likely N-dealkylation sites (tertiary alicyclic amines) is 1. The maximum Gasteiger partial charge on any atom is 0.241 e. The Bertz CT molecular complexity index is 539. The Morgan fingerprint density at radius 3 is 3.14 bits per heavy atom. The van der Waals surface area contributed by atoms with Gasteiger partial charge < -0.3 is 10.4 Å². The third kappa shape index (κ3) is 4.03. The molecule has 2 atom stereocenters. The van der Waals surface area contributed by atoms with Crippen LogP contribution in [0.2, 0.25) is 0 Å². The second-order valence-electron chi connectivity index (χ2n) is 5.54. The largest absolute Gasteiger partial charge is 0.396 e. The quantitative estimate of drug-likeness (QED) is 0.881. The highest BCUT2D eigenvalue weighted by atomic mass is 16.3. The van der Waals surface area contributed by atoms with Gasteiger partial charge in [0.25, 0.3) is 0 Å². The second-order valence-corrected chi connectivity index (χ2v) is 5.54. The van der Waals surface area contributed by atoms with Crippen LogP contribution in [0.3, 0.4) is 0 Å². The van der Waals surface area contributed by atoms with Gasteiger partial charge in [-0.25, -0.2) is 0 Å². The average Bonchev–Trinajstić information content (AvgIpc) is 2.54. The van der Waals surface area contributed by atoms with Crippen molar-refractivity contribution >= 4 is 11.6 Å². The fraction of sp³-hybridized carbons (Fsp3) is 0.500. The monoisotopic (exact) mass is 287 g/mol. The van der Waals surface area contributed by atoms with E-state index in [4.69, 9.17) is 5.26 Å². The SMILES string of the molecule is CC(C(=O)Nc1cccc(C#N)c1)N1CCCC(CO)C1. The lowest BCUT2D eigenvalue weighted by molar-refractivity contribution is -0.121. The van der Waals surface area contributed by atoms with E-state index in [2.05, 4.69) is 16.3 Å². The average molecular weight is 287 g/mol. The Balaban J connectivity index is 1.97. The number of benzene rings is 1. The standard InChI is InChI=1S/C16H21N3O2/c1-12(19-7-3-5-14(10-19)11-20)16(21)18-15-6-2-4-13(8-15)9-17/h2,4,6,8,12,14,20H,3,5,7,10-11H2,1H3,(H,18,21). The maximum absolute atomic E-state index is 12.3. The summed E-state index contributed by atoms with van der Waals surface area (Å²) in [6.07, 6.45) is 2.03.